The van der Waals surface area contributed by atoms with Gasteiger partial charge in [0, 0.05) is 11.1 Å². The lowest BCUT2D eigenvalue weighted by molar-refractivity contribution is 0.0682. The van der Waals surface area contributed by atoms with Crippen LogP contribution in [0.2, 0.25) is 0 Å². The van der Waals surface area contributed by atoms with Gasteiger partial charge in [-0.1, -0.05) is 65.3 Å². The van der Waals surface area contributed by atoms with E-state index in [0.29, 0.717) is 22.3 Å². The Kier molecular flexibility index (Phi) is 6.60. The second-order valence-electron chi connectivity index (χ2n) is 11.3. The maximum Gasteiger partial charge on any atom is 0.336 e. The molecule has 35 heavy (non-hydrogen) atoms. The molecule has 0 aromatic heterocycles. The van der Waals surface area contributed by atoms with Crippen LogP contribution >= 0.6 is 0 Å². The van der Waals surface area contributed by atoms with Crippen LogP contribution in [0.3, 0.4) is 0 Å². The summed E-state index contributed by atoms with van der Waals surface area (Å²) < 4.78 is 0. The molecular formula is C30H34O5. The summed E-state index contributed by atoms with van der Waals surface area (Å²) in [6, 6.07) is 11.9. The molecule has 3 aromatic rings. The molecule has 0 aliphatic heterocycles. The van der Waals surface area contributed by atoms with Crippen molar-refractivity contribution < 1.29 is 24.9 Å². The first-order valence-corrected chi connectivity index (χ1v) is 11.6. The Morgan fingerprint density at radius 3 is 1.66 bits per heavy atom. The topological polar surface area (TPSA) is 94.8 Å². The lowest BCUT2D eigenvalue weighted by atomic mass is 9.75. The molecule has 0 fully saturated rings. The summed E-state index contributed by atoms with van der Waals surface area (Å²) in [7, 11) is 0. The van der Waals surface area contributed by atoms with E-state index in [2.05, 4.69) is 0 Å². The molecule has 0 atom stereocenters. The predicted octanol–water partition coefficient (Wildman–Crippen LogP) is 7.33. The van der Waals surface area contributed by atoms with Crippen LogP contribution in [-0.4, -0.2) is 27.3 Å². The number of phenolic OH excluding ortho intramolecular Hbond substituents is 1. The van der Waals surface area contributed by atoms with Gasteiger partial charge in [0.25, 0.3) is 0 Å². The van der Waals surface area contributed by atoms with Crippen molar-refractivity contribution in [1.29, 1.82) is 0 Å². The van der Waals surface area contributed by atoms with E-state index < -0.39 is 17.4 Å². The molecule has 184 valence electrons. The van der Waals surface area contributed by atoms with Gasteiger partial charge >= 0.3 is 11.9 Å². The van der Waals surface area contributed by atoms with Gasteiger partial charge in [0.1, 0.15) is 5.75 Å². The summed E-state index contributed by atoms with van der Waals surface area (Å²) in [4.78, 5) is 24.1. The van der Waals surface area contributed by atoms with Crippen molar-refractivity contribution in [3.05, 3.63) is 75.8 Å². The Balaban J connectivity index is 2.60. The number of aryl methyl sites for hydroxylation is 2. The zero-order valence-corrected chi connectivity index (χ0v) is 21.7. The summed E-state index contributed by atoms with van der Waals surface area (Å²) in [5.74, 6) is -2.14. The molecule has 3 aromatic carbocycles. The molecule has 0 spiro atoms. The largest absolute Gasteiger partial charge is 0.507 e. The van der Waals surface area contributed by atoms with E-state index in [1.165, 1.54) is 18.2 Å². The highest BCUT2D eigenvalue weighted by molar-refractivity contribution is 6.03. The molecule has 0 aliphatic carbocycles. The number of phenols is 1. The van der Waals surface area contributed by atoms with Crippen molar-refractivity contribution in [1.82, 2.24) is 0 Å². The SMILES string of the molecule is Cc1cc(-c2cc(C)cc(C(C)(C)C)c2-c2cc(C(=O)O)ccc2C(=O)O)c(O)c(C(C)(C)C)c1. The van der Waals surface area contributed by atoms with Crippen LogP contribution in [0.4, 0.5) is 0 Å². The third-order valence-corrected chi connectivity index (χ3v) is 6.21. The predicted molar refractivity (Wildman–Crippen MR) is 140 cm³/mol. The van der Waals surface area contributed by atoms with Gasteiger partial charge in [-0.25, -0.2) is 9.59 Å². The molecule has 0 saturated carbocycles. The van der Waals surface area contributed by atoms with Gasteiger partial charge in [0.2, 0.25) is 0 Å². The zero-order chi connectivity index (χ0) is 26.5. The first kappa shape index (κ1) is 26.0. The molecular weight excluding hydrogens is 440 g/mol. The van der Waals surface area contributed by atoms with Crippen LogP contribution in [0.15, 0.2) is 42.5 Å². The molecule has 5 heteroatoms. The van der Waals surface area contributed by atoms with Crippen molar-refractivity contribution in [2.24, 2.45) is 0 Å². The van der Waals surface area contributed by atoms with Gasteiger partial charge in [-0.15, -0.1) is 0 Å². The lowest BCUT2D eigenvalue weighted by Crippen LogP contribution is -2.16. The first-order valence-electron chi connectivity index (χ1n) is 11.6. The number of carboxylic acid groups (broad SMARTS) is 2. The van der Waals surface area contributed by atoms with Gasteiger partial charge in [0.05, 0.1) is 11.1 Å². The highest BCUT2D eigenvalue weighted by atomic mass is 16.4. The third kappa shape index (κ3) is 5.09. The Hall–Kier alpha value is -3.60. The molecule has 0 amide bonds. The van der Waals surface area contributed by atoms with Crippen LogP contribution in [0, 0.1) is 13.8 Å². The van der Waals surface area contributed by atoms with Gasteiger partial charge < -0.3 is 15.3 Å². The van der Waals surface area contributed by atoms with Crippen LogP contribution in [0.5, 0.6) is 5.75 Å². The Morgan fingerprint density at radius 1 is 0.657 bits per heavy atom. The normalized spacial score (nSPS) is 12.0. The highest BCUT2D eigenvalue weighted by Crippen LogP contribution is 2.47. The second kappa shape index (κ2) is 8.88. The van der Waals surface area contributed by atoms with E-state index in [0.717, 1.165) is 22.3 Å². The minimum Gasteiger partial charge on any atom is -0.507 e. The number of hydrogen-bond donors (Lipinski definition) is 3. The van der Waals surface area contributed by atoms with Gasteiger partial charge in [-0.3, -0.25) is 0 Å². The molecule has 3 N–H and O–H groups in total. The van der Waals surface area contributed by atoms with Gasteiger partial charge in [-0.2, -0.15) is 0 Å². The van der Waals surface area contributed by atoms with E-state index in [-0.39, 0.29) is 22.3 Å². The van der Waals surface area contributed by atoms with Crippen LogP contribution in [0.25, 0.3) is 22.3 Å². The summed E-state index contributed by atoms with van der Waals surface area (Å²) in [5, 5.41) is 31.2. The first-order chi connectivity index (χ1) is 16.0. The van der Waals surface area contributed by atoms with Gasteiger partial charge in [0.15, 0.2) is 0 Å². The third-order valence-electron chi connectivity index (χ3n) is 6.21. The molecule has 0 heterocycles. The summed E-state index contributed by atoms with van der Waals surface area (Å²) in [6.07, 6.45) is 0. The molecule has 0 saturated heterocycles. The maximum atomic E-state index is 12.3. The molecule has 5 nitrogen and oxygen atoms in total. The fourth-order valence-electron chi connectivity index (χ4n) is 4.51. The number of benzene rings is 3. The van der Waals surface area contributed by atoms with Gasteiger partial charge in [-0.05, 0) is 76.8 Å². The monoisotopic (exact) mass is 474 g/mol. The van der Waals surface area contributed by atoms with Crippen molar-refractivity contribution in [2.45, 2.75) is 66.2 Å². The number of carboxylic acids is 2. The molecule has 0 bridgehead atoms. The maximum absolute atomic E-state index is 12.3. The fourth-order valence-corrected chi connectivity index (χ4v) is 4.51. The van der Waals surface area contributed by atoms with Crippen LogP contribution in [0.1, 0.15) is 84.5 Å². The second-order valence-corrected chi connectivity index (χ2v) is 11.3. The average Bonchev–Trinajstić information content (AvgIpc) is 2.72. The van der Waals surface area contributed by atoms with E-state index in [9.17, 15) is 24.9 Å². The standard InChI is InChI=1S/C30H34O5/c1-16-11-20(22-12-17(2)14-24(26(22)31)30(6,7)8)25(23(13-16)29(3,4)5)21-15-18(27(32)33)9-10-19(21)28(34)35/h9-15,31H,1-8H3,(H,32,33)(H,34,35). The Labute approximate surface area is 207 Å². The quantitative estimate of drug-likeness (QED) is 0.368. The fraction of sp³-hybridized carbons (Fsp3) is 0.333. The van der Waals surface area contributed by atoms with Crippen molar-refractivity contribution >= 4 is 11.9 Å². The zero-order valence-electron chi connectivity index (χ0n) is 21.7. The van der Waals surface area contributed by atoms with Crippen molar-refractivity contribution in [2.75, 3.05) is 0 Å². The van der Waals surface area contributed by atoms with E-state index in [1.54, 1.807) is 0 Å². The van der Waals surface area contributed by atoms with Crippen molar-refractivity contribution in [3.8, 4) is 28.0 Å². The summed E-state index contributed by atoms with van der Waals surface area (Å²) in [6.45, 7) is 16.1. The van der Waals surface area contributed by atoms with Crippen LogP contribution < -0.4 is 0 Å². The number of hydrogen-bond acceptors (Lipinski definition) is 3. The summed E-state index contributed by atoms with van der Waals surface area (Å²) in [5.41, 5.74) is 5.07. The Morgan fingerprint density at radius 2 is 1.17 bits per heavy atom. The number of rotatable bonds is 4. The molecule has 0 radical (unpaired) electrons. The lowest BCUT2D eigenvalue weighted by Gasteiger charge is -2.29. The highest BCUT2D eigenvalue weighted by Gasteiger charge is 2.29. The minimum absolute atomic E-state index is 0.000212. The number of carbonyl (C=O) groups is 2. The smallest absolute Gasteiger partial charge is 0.336 e. The van der Waals surface area contributed by atoms with E-state index >= 15 is 0 Å². The summed E-state index contributed by atoms with van der Waals surface area (Å²) >= 11 is 0. The molecule has 0 aliphatic rings. The van der Waals surface area contributed by atoms with E-state index in [4.69, 9.17) is 0 Å². The van der Waals surface area contributed by atoms with Crippen LogP contribution in [-0.2, 0) is 10.8 Å². The molecule has 0 unspecified atom stereocenters. The number of aromatic hydroxyl groups is 1. The Bertz CT molecular complexity index is 1330. The average molecular weight is 475 g/mol. The minimum atomic E-state index is -1.15. The van der Waals surface area contributed by atoms with E-state index in [1.807, 2.05) is 79.7 Å². The van der Waals surface area contributed by atoms with Crippen molar-refractivity contribution in [3.63, 3.8) is 0 Å². The number of aromatic carboxylic acids is 2. The molecule has 3 rings (SSSR count).